The second-order valence-electron chi connectivity index (χ2n) is 8.00. The lowest BCUT2D eigenvalue weighted by Gasteiger charge is -2.33. The number of aromatic hydroxyl groups is 1. The summed E-state index contributed by atoms with van der Waals surface area (Å²) in [5.41, 5.74) is -2.60. The molecule has 1 unspecified atom stereocenters. The Balaban J connectivity index is 1.88. The smallest absolute Gasteiger partial charge is 0.416 e. The van der Waals surface area contributed by atoms with Gasteiger partial charge in [0.25, 0.3) is 5.91 Å². The maximum absolute atomic E-state index is 13.1. The molecule has 34 heavy (non-hydrogen) atoms. The lowest BCUT2D eigenvalue weighted by Crippen LogP contribution is -2.46. The number of rotatable bonds is 4. The van der Waals surface area contributed by atoms with Crippen molar-refractivity contribution in [2.75, 3.05) is 20.1 Å². The molecule has 2 aromatic carbocycles. The van der Waals surface area contributed by atoms with E-state index < -0.39 is 35.0 Å². The van der Waals surface area contributed by atoms with Gasteiger partial charge in [0, 0.05) is 16.7 Å². The Bertz CT molecular complexity index is 1160. The Morgan fingerprint density at radius 2 is 1.68 bits per heavy atom. The Morgan fingerprint density at radius 3 is 2.24 bits per heavy atom. The van der Waals surface area contributed by atoms with Crippen LogP contribution in [0, 0.1) is 0 Å². The number of benzene rings is 2. The van der Waals surface area contributed by atoms with Crippen LogP contribution in [0.3, 0.4) is 0 Å². The van der Waals surface area contributed by atoms with E-state index in [2.05, 4.69) is 10.3 Å². The molecule has 0 saturated carbocycles. The van der Waals surface area contributed by atoms with Crippen molar-refractivity contribution >= 4 is 28.9 Å². The summed E-state index contributed by atoms with van der Waals surface area (Å²) in [6, 6.07) is 5.16. The number of nitrogens with one attached hydrogen (secondary N) is 1. The van der Waals surface area contributed by atoms with Crippen LogP contribution in [0.1, 0.15) is 28.4 Å². The number of nitrogens with zero attached hydrogens (tertiary/aromatic N) is 2. The average molecular weight is 507 g/mol. The summed E-state index contributed by atoms with van der Waals surface area (Å²) in [5.74, 6) is -1.17. The van der Waals surface area contributed by atoms with Gasteiger partial charge in [0.1, 0.15) is 18.4 Å². The summed E-state index contributed by atoms with van der Waals surface area (Å²) in [5, 5.41) is 13.0. The molecular formula is C22H19ClF6N3O2+. The number of carbonyl (C=O) groups excluding carboxylic acids is 1. The number of phenolic OH excluding ortho intramolecular Hbond substituents is 1. The Labute approximate surface area is 195 Å². The number of halogens is 7. The van der Waals surface area contributed by atoms with E-state index in [1.54, 1.807) is 26.2 Å². The zero-order chi connectivity index (χ0) is 25.5. The summed E-state index contributed by atoms with van der Waals surface area (Å²) in [6.45, 7) is 1.78. The van der Waals surface area contributed by atoms with Gasteiger partial charge in [-0.25, -0.2) is 4.99 Å². The summed E-state index contributed by atoms with van der Waals surface area (Å²) in [4.78, 5) is 16.8. The van der Waals surface area contributed by atoms with Gasteiger partial charge in [0.2, 0.25) is 0 Å². The molecule has 0 aromatic heterocycles. The number of aliphatic imine (C=N–C) groups is 1. The third kappa shape index (κ3) is 5.71. The van der Waals surface area contributed by atoms with Crippen LogP contribution < -0.4 is 9.80 Å². The second kappa shape index (κ2) is 8.95. The average Bonchev–Trinajstić information content (AvgIpc) is 2.71. The zero-order valence-electron chi connectivity index (χ0n) is 17.9. The molecule has 1 aliphatic heterocycles. The van der Waals surface area contributed by atoms with E-state index >= 15 is 0 Å². The normalized spacial score (nSPS) is 18.9. The molecule has 0 aliphatic carbocycles. The molecular weight excluding hydrogens is 488 g/mol. The van der Waals surface area contributed by atoms with Crippen LogP contribution in [0.25, 0.3) is 0 Å². The minimum absolute atomic E-state index is 0.0225. The molecule has 1 heterocycles. The first-order chi connectivity index (χ1) is 15.6. The van der Waals surface area contributed by atoms with Gasteiger partial charge in [-0.3, -0.25) is 9.28 Å². The third-order valence-electron chi connectivity index (χ3n) is 5.09. The zero-order valence-corrected chi connectivity index (χ0v) is 18.6. The van der Waals surface area contributed by atoms with Crippen molar-refractivity contribution in [2.24, 2.45) is 4.99 Å². The Kier molecular flexibility index (Phi) is 6.73. The standard InChI is InChI=1S/C22H18ClF6N3O2/c1-12-10-32(2,18-8-16(23)3-4-19(18)33)11-17(31-12)9-30-20(34)13-5-14(21(24,25)26)7-15(6-13)22(27,28)29/h3-8,11H,9-10H2,1-2H3,(H-,30,33,34)/p+1. The largest absolute Gasteiger partial charge is 0.503 e. The van der Waals surface area contributed by atoms with E-state index in [1.807, 2.05) is 0 Å². The molecule has 0 spiro atoms. The molecule has 3 rings (SSSR count). The Hall–Kier alpha value is -3.05. The van der Waals surface area contributed by atoms with Gasteiger partial charge in [-0.2, -0.15) is 26.3 Å². The maximum Gasteiger partial charge on any atom is 0.416 e. The highest BCUT2D eigenvalue weighted by atomic mass is 35.5. The molecule has 0 fully saturated rings. The number of carbonyl (C=O) groups is 1. The van der Waals surface area contributed by atoms with Crippen molar-refractivity contribution in [1.82, 2.24) is 9.80 Å². The number of quaternary nitrogens is 1. The van der Waals surface area contributed by atoms with Crippen molar-refractivity contribution < 1.29 is 36.2 Å². The fourth-order valence-corrected chi connectivity index (χ4v) is 3.83. The first-order valence-corrected chi connectivity index (χ1v) is 10.1. The molecule has 0 radical (unpaired) electrons. The summed E-state index contributed by atoms with van der Waals surface area (Å²) >= 11 is 6.04. The van der Waals surface area contributed by atoms with Gasteiger partial charge in [0.05, 0.1) is 30.4 Å². The molecule has 5 nitrogen and oxygen atoms in total. The summed E-state index contributed by atoms with van der Waals surface area (Å²) in [6.07, 6.45) is -8.53. The van der Waals surface area contributed by atoms with Crippen molar-refractivity contribution in [3.05, 3.63) is 70.0 Å². The van der Waals surface area contributed by atoms with Gasteiger partial charge in [-0.1, -0.05) is 11.6 Å². The lowest BCUT2D eigenvalue weighted by atomic mass is 10.0. The van der Waals surface area contributed by atoms with Crippen LogP contribution >= 0.6 is 11.6 Å². The number of hydrogen-bond acceptors (Lipinski definition) is 3. The fourth-order valence-electron chi connectivity index (χ4n) is 3.66. The predicted molar refractivity (Wildman–Crippen MR) is 116 cm³/mol. The van der Waals surface area contributed by atoms with Crippen LogP contribution in [0.4, 0.5) is 32.0 Å². The minimum atomic E-state index is -5.07. The highest BCUT2D eigenvalue weighted by Gasteiger charge is 2.38. The van der Waals surface area contributed by atoms with E-state index in [1.165, 1.54) is 12.1 Å². The molecule has 2 N–H and O–H groups in total. The first kappa shape index (κ1) is 25.6. The highest BCUT2D eigenvalue weighted by Crippen LogP contribution is 2.37. The highest BCUT2D eigenvalue weighted by molar-refractivity contribution is 6.30. The topological polar surface area (TPSA) is 61.7 Å². The number of alkyl halides is 6. The quantitative estimate of drug-likeness (QED) is 0.409. The van der Waals surface area contributed by atoms with Crippen molar-refractivity contribution in [3.63, 3.8) is 0 Å². The molecule has 2 aromatic rings. The molecule has 1 amide bonds. The van der Waals surface area contributed by atoms with Crippen LogP contribution in [-0.4, -0.2) is 36.9 Å². The van der Waals surface area contributed by atoms with Crippen molar-refractivity contribution in [3.8, 4) is 5.75 Å². The van der Waals surface area contributed by atoms with E-state index in [4.69, 9.17) is 11.6 Å². The van der Waals surface area contributed by atoms with Crippen LogP contribution in [0.15, 0.2) is 53.3 Å². The molecule has 1 aliphatic rings. The van der Waals surface area contributed by atoms with Gasteiger partial charge < -0.3 is 10.4 Å². The number of hydrogen-bond donors (Lipinski definition) is 2. The fraction of sp³-hybridized carbons (Fsp3) is 0.273. The van der Waals surface area contributed by atoms with Crippen LogP contribution in [0.5, 0.6) is 5.75 Å². The third-order valence-corrected chi connectivity index (χ3v) is 5.33. The van der Waals surface area contributed by atoms with Gasteiger partial charge in [-0.05, 0) is 37.3 Å². The van der Waals surface area contributed by atoms with E-state index in [0.29, 0.717) is 40.8 Å². The van der Waals surface area contributed by atoms with Crippen LogP contribution in [0.2, 0.25) is 5.02 Å². The van der Waals surface area contributed by atoms with E-state index in [9.17, 15) is 36.2 Å². The second-order valence-corrected chi connectivity index (χ2v) is 8.44. The van der Waals surface area contributed by atoms with Crippen molar-refractivity contribution in [1.29, 1.82) is 0 Å². The monoisotopic (exact) mass is 506 g/mol. The summed E-state index contributed by atoms with van der Waals surface area (Å²) in [7, 11) is 1.74. The number of amides is 1. The van der Waals surface area contributed by atoms with Gasteiger partial charge >= 0.3 is 12.4 Å². The van der Waals surface area contributed by atoms with Gasteiger partial charge in [0.15, 0.2) is 11.4 Å². The van der Waals surface area contributed by atoms with Gasteiger partial charge in [-0.15, -0.1) is 0 Å². The maximum atomic E-state index is 13.1. The van der Waals surface area contributed by atoms with E-state index in [0.717, 1.165) is 0 Å². The predicted octanol–water partition coefficient (Wildman–Crippen LogP) is 5.77. The van der Waals surface area contributed by atoms with Crippen molar-refractivity contribution in [2.45, 2.75) is 19.3 Å². The molecule has 12 heteroatoms. The minimum Gasteiger partial charge on any atom is -0.503 e. The number of phenols is 1. The molecule has 182 valence electrons. The molecule has 0 bridgehead atoms. The molecule has 0 saturated heterocycles. The summed E-state index contributed by atoms with van der Waals surface area (Å²) < 4.78 is 78.4. The van der Waals surface area contributed by atoms with Crippen LogP contribution in [-0.2, 0) is 12.4 Å². The lowest BCUT2D eigenvalue weighted by molar-refractivity contribution is -0.143. The first-order valence-electron chi connectivity index (χ1n) is 9.76. The SMILES string of the molecule is CC1=NC(CNC(=O)c2cc(C(F)(F)F)cc(C(F)(F)F)c2)=C[N+](C)(c2cc(Cl)ccc2O)C1. The Morgan fingerprint density at radius 1 is 1.09 bits per heavy atom. The van der Waals surface area contributed by atoms with E-state index in [-0.39, 0.29) is 22.8 Å². The molecule has 1 atom stereocenters.